The number of halogens is 1. The van der Waals surface area contributed by atoms with E-state index in [0.29, 0.717) is 6.54 Å². The second-order valence-electron chi connectivity index (χ2n) is 8.83. The van der Waals surface area contributed by atoms with Crippen molar-refractivity contribution in [3.8, 4) is 0 Å². The molecule has 4 saturated carbocycles. The van der Waals surface area contributed by atoms with E-state index in [4.69, 9.17) is 0 Å². The molecule has 0 spiro atoms. The van der Waals surface area contributed by atoms with Gasteiger partial charge in [-0.25, -0.2) is 4.79 Å². The lowest BCUT2D eigenvalue weighted by atomic mass is 9.53. The number of amides is 2. The molecule has 27 heavy (non-hydrogen) atoms. The Labute approximate surface area is 168 Å². The van der Waals surface area contributed by atoms with Gasteiger partial charge in [0.05, 0.1) is 18.4 Å². The molecule has 4 fully saturated rings. The molecule has 2 N–H and O–H groups in total. The SMILES string of the molecule is O=C(Nc1cnn(Cc2ccc(Br)cc2)c1)NC12CC3CC(CC(C3)C1)C2. The van der Waals surface area contributed by atoms with Crippen LogP contribution in [0.5, 0.6) is 0 Å². The Bertz CT molecular complexity index is 809. The summed E-state index contributed by atoms with van der Waals surface area (Å²) in [6.45, 7) is 0.686. The molecule has 0 unspecified atom stereocenters. The number of carbonyl (C=O) groups is 1. The minimum Gasteiger partial charge on any atom is -0.332 e. The van der Waals surface area contributed by atoms with Crippen LogP contribution in [0.1, 0.15) is 44.1 Å². The molecule has 0 saturated heterocycles. The second kappa shape index (κ2) is 6.66. The predicted molar refractivity (Wildman–Crippen MR) is 109 cm³/mol. The molecule has 4 aliphatic rings. The molecule has 1 heterocycles. The van der Waals surface area contributed by atoms with E-state index in [2.05, 4.69) is 43.8 Å². The highest BCUT2D eigenvalue weighted by Gasteiger charge is 2.51. The zero-order valence-electron chi connectivity index (χ0n) is 15.3. The summed E-state index contributed by atoms with van der Waals surface area (Å²) in [5, 5.41) is 10.7. The van der Waals surface area contributed by atoms with Crippen molar-refractivity contribution < 1.29 is 4.79 Å². The van der Waals surface area contributed by atoms with Crippen LogP contribution in [-0.2, 0) is 6.54 Å². The van der Waals surface area contributed by atoms with E-state index in [1.54, 1.807) is 6.20 Å². The first-order valence-corrected chi connectivity index (χ1v) is 10.7. The molecule has 5 nitrogen and oxygen atoms in total. The number of urea groups is 1. The predicted octanol–water partition coefficient (Wildman–Crippen LogP) is 4.78. The van der Waals surface area contributed by atoms with E-state index < -0.39 is 0 Å². The first-order chi connectivity index (χ1) is 13.1. The monoisotopic (exact) mass is 428 g/mol. The number of anilines is 1. The lowest BCUT2D eigenvalue weighted by Crippen LogP contribution is -2.60. The van der Waals surface area contributed by atoms with E-state index in [0.717, 1.165) is 47.2 Å². The van der Waals surface area contributed by atoms with E-state index >= 15 is 0 Å². The molecule has 4 bridgehead atoms. The highest BCUT2D eigenvalue weighted by atomic mass is 79.9. The maximum atomic E-state index is 12.6. The van der Waals surface area contributed by atoms with Gasteiger partial charge in [0.2, 0.25) is 0 Å². The first-order valence-electron chi connectivity index (χ1n) is 9.91. The standard InChI is InChI=1S/C21H25BrN4O/c22-18-3-1-14(2-4-18)12-26-13-19(11-23-26)24-20(27)25-21-8-15-5-16(9-21)7-17(6-15)10-21/h1-4,11,13,15-17H,5-10,12H2,(H2,24,25,27). The summed E-state index contributed by atoms with van der Waals surface area (Å²) in [6.07, 6.45) is 11.2. The van der Waals surface area contributed by atoms with Crippen molar-refractivity contribution >= 4 is 27.6 Å². The van der Waals surface area contributed by atoms with Gasteiger partial charge < -0.3 is 10.6 Å². The van der Waals surface area contributed by atoms with Crippen LogP contribution in [0.2, 0.25) is 0 Å². The summed E-state index contributed by atoms with van der Waals surface area (Å²) in [5.74, 6) is 2.47. The Morgan fingerprint density at radius 2 is 1.74 bits per heavy atom. The topological polar surface area (TPSA) is 59.0 Å². The van der Waals surface area contributed by atoms with Crippen molar-refractivity contribution in [3.63, 3.8) is 0 Å². The van der Waals surface area contributed by atoms with Gasteiger partial charge in [0.15, 0.2) is 0 Å². The van der Waals surface area contributed by atoms with Crippen LogP contribution in [-0.4, -0.2) is 21.4 Å². The van der Waals surface area contributed by atoms with E-state index in [1.165, 1.54) is 24.8 Å². The molecular weight excluding hydrogens is 404 g/mol. The number of carbonyl (C=O) groups excluding carboxylic acids is 1. The highest BCUT2D eigenvalue weighted by Crippen LogP contribution is 2.55. The van der Waals surface area contributed by atoms with Gasteiger partial charge >= 0.3 is 6.03 Å². The highest BCUT2D eigenvalue weighted by molar-refractivity contribution is 9.10. The van der Waals surface area contributed by atoms with Crippen LogP contribution in [0.15, 0.2) is 41.1 Å². The minimum absolute atomic E-state index is 0.0340. The van der Waals surface area contributed by atoms with Crippen LogP contribution in [0.4, 0.5) is 10.5 Å². The zero-order chi connectivity index (χ0) is 18.4. The quantitative estimate of drug-likeness (QED) is 0.735. The fourth-order valence-electron chi connectivity index (χ4n) is 5.96. The lowest BCUT2D eigenvalue weighted by molar-refractivity contribution is -0.0127. The van der Waals surface area contributed by atoms with Crippen molar-refractivity contribution in [1.82, 2.24) is 15.1 Å². The maximum absolute atomic E-state index is 12.6. The van der Waals surface area contributed by atoms with Gasteiger partial charge in [-0.15, -0.1) is 0 Å². The number of rotatable bonds is 4. The Balaban J connectivity index is 1.20. The molecule has 0 atom stereocenters. The van der Waals surface area contributed by atoms with Gasteiger partial charge in [-0.3, -0.25) is 4.68 Å². The molecule has 1 aromatic heterocycles. The number of aromatic nitrogens is 2. The van der Waals surface area contributed by atoms with E-state index in [1.807, 2.05) is 23.0 Å². The number of nitrogens with one attached hydrogen (secondary N) is 2. The first kappa shape index (κ1) is 17.3. The van der Waals surface area contributed by atoms with E-state index in [9.17, 15) is 4.79 Å². The Morgan fingerprint density at radius 1 is 1.11 bits per heavy atom. The van der Waals surface area contributed by atoms with Gasteiger partial charge in [0, 0.05) is 16.2 Å². The van der Waals surface area contributed by atoms with Gasteiger partial charge in [0.1, 0.15) is 0 Å². The molecular formula is C21H25BrN4O. The van der Waals surface area contributed by atoms with Gasteiger partial charge in [-0.1, -0.05) is 28.1 Å². The fourth-order valence-corrected chi connectivity index (χ4v) is 6.22. The number of nitrogens with zero attached hydrogens (tertiary/aromatic N) is 2. The average molecular weight is 429 g/mol. The minimum atomic E-state index is -0.0832. The third kappa shape index (κ3) is 3.64. The Kier molecular flexibility index (Phi) is 4.26. The van der Waals surface area contributed by atoms with Crippen molar-refractivity contribution in [3.05, 3.63) is 46.7 Å². The Hall–Kier alpha value is -1.82. The van der Waals surface area contributed by atoms with Crippen molar-refractivity contribution in [2.24, 2.45) is 17.8 Å². The van der Waals surface area contributed by atoms with Crippen LogP contribution in [0.25, 0.3) is 0 Å². The van der Waals surface area contributed by atoms with Crippen LogP contribution < -0.4 is 10.6 Å². The number of benzene rings is 1. The summed E-state index contributed by atoms with van der Waals surface area (Å²) in [5.41, 5.74) is 1.95. The van der Waals surface area contributed by atoms with Crippen LogP contribution in [0.3, 0.4) is 0 Å². The van der Waals surface area contributed by atoms with E-state index in [-0.39, 0.29) is 11.6 Å². The smallest absolute Gasteiger partial charge is 0.319 e. The summed E-state index contributed by atoms with van der Waals surface area (Å²) < 4.78 is 2.92. The summed E-state index contributed by atoms with van der Waals surface area (Å²) >= 11 is 3.45. The van der Waals surface area contributed by atoms with Crippen molar-refractivity contribution in [1.29, 1.82) is 0 Å². The summed E-state index contributed by atoms with van der Waals surface area (Å²) in [6, 6.07) is 8.10. The van der Waals surface area contributed by atoms with Gasteiger partial charge in [0.25, 0.3) is 0 Å². The molecule has 0 aliphatic heterocycles. The molecule has 6 heteroatoms. The largest absolute Gasteiger partial charge is 0.332 e. The molecule has 6 rings (SSSR count). The van der Waals surface area contributed by atoms with Crippen molar-refractivity contribution in [2.45, 2.75) is 50.6 Å². The number of hydrogen-bond donors (Lipinski definition) is 2. The molecule has 142 valence electrons. The number of hydrogen-bond acceptors (Lipinski definition) is 2. The van der Waals surface area contributed by atoms with Crippen LogP contribution in [0, 0.1) is 17.8 Å². The zero-order valence-corrected chi connectivity index (χ0v) is 16.9. The van der Waals surface area contributed by atoms with Crippen molar-refractivity contribution in [2.75, 3.05) is 5.32 Å². The lowest BCUT2D eigenvalue weighted by Gasteiger charge is -2.56. The molecule has 2 amide bonds. The second-order valence-corrected chi connectivity index (χ2v) is 9.75. The molecule has 1 aromatic carbocycles. The van der Waals surface area contributed by atoms with Gasteiger partial charge in [-0.05, 0) is 74.0 Å². The fraction of sp³-hybridized carbons (Fsp3) is 0.524. The summed E-state index contributed by atoms with van der Waals surface area (Å²) in [4.78, 5) is 12.6. The Morgan fingerprint density at radius 3 is 2.37 bits per heavy atom. The normalized spacial score (nSPS) is 31.1. The van der Waals surface area contributed by atoms with Crippen LogP contribution >= 0.6 is 15.9 Å². The molecule has 4 aliphatic carbocycles. The van der Waals surface area contributed by atoms with Gasteiger partial charge in [-0.2, -0.15) is 5.10 Å². The third-order valence-corrected chi connectivity index (χ3v) is 7.09. The molecule has 2 aromatic rings. The third-order valence-electron chi connectivity index (χ3n) is 6.57. The summed E-state index contributed by atoms with van der Waals surface area (Å²) in [7, 11) is 0. The maximum Gasteiger partial charge on any atom is 0.319 e. The average Bonchev–Trinajstić information content (AvgIpc) is 3.02. The molecule has 0 radical (unpaired) electrons.